The molecule has 1 amide bonds. The van der Waals surface area contributed by atoms with E-state index in [4.69, 9.17) is 14.2 Å². The first-order valence-corrected chi connectivity index (χ1v) is 9.99. The van der Waals surface area contributed by atoms with Crippen molar-refractivity contribution in [2.75, 3.05) is 47.1 Å². The molecule has 2 aromatic rings. The van der Waals surface area contributed by atoms with Crippen molar-refractivity contribution < 1.29 is 19.0 Å². The molecule has 0 saturated carbocycles. The minimum Gasteiger partial charge on any atom is -0.495 e. The highest BCUT2D eigenvalue weighted by molar-refractivity contribution is 9.10. The van der Waals surface area contributed by atoms with E-state index in [2.05, 4.69) is 26.1 Å². The molecule has 1 N–H and O–H groups in total. The zero-order valence-electron chi connectivity index (χ0n) is 16.1. The molecule has 150 valence electrons. The van der Waals surface area contributed by atoms with Crippen LogP contribution < -0.4 is 14.8 Å². The van der Waals surface area contributed by atoms with Crippen LogP contribution >= 0.6 is 15.9 Å². The zero-order chi connectivity index (χ0) is 19.9. The lowest BCUT2D eigenvalue weighted by Crippen LogP contribution is -2.43. The van der Waals surface area contributed by atoms with E-state index in [0.29, 0.717) is 21.5 Å². The van der Waals surface area contributed by atoms with Crippen LogP contribution in [0.4, 0.5) is 0 Å². The number of nitrogens with zero attached hydrogens (tertiary/aromatic N) is 1. The summed E-state index contributed by atoms with van der Waals surface area (Å²) >= 11 is 3.44. The fourth-order valence-corrected chi connectivity index (χ4v) is 3.76. The molecule has 2 aromatic carbocycles. The zero-order valence-corrected chi connectivity index (χ0v) is 17.7. The van der Waals surface area contributed by atoms with E-state index in [0.717, 1.165) is 38.4 Å². The molecule has 0 aliphatic carbocycles. The average Bonchev–Trinajstić information content (AvgIpc) is 2.74. The van der Waals surface area contributed by atoms with Crippen molar-refractivity contribution in [3.8, 4) is 11.5 Å². The van der Waals surface area contributed by atoms with Crippen molar-refractivity contribution >= 4 is 21.8 Å². The molecule has 0 spiro atoms. The quantitative estimate of drug-likeness (QED) is 0.704. The van der Waals surface area contributed by atoms with Crippen LogP contribution in [-0.4, -0.2) is 57.9 Å². The summed E-state index contributed by atoms with van der Waals surface area (Å²) in [4.78, 5) is 15.3. The number of hydrogen-bond donors (Lipinski definition) is 1. The molecule has 0 aromatic heterocycles. The van der Waals surface area contributed by atoms with E-state index in [1.54, 1.807) is 26.4 Å². The minimum absolute atomic E-state index is 0.132. The Bertz CT molecular complexity index is 769. The topological polar surface area (TPSA) is 60.0 Å². The van der Waals surface area contributed by atoms with Gasteiger partial charge in [-0.05, 0) is 33.6 Å². The van der Waals surface area contributed by atoms with Gasteiger partial charge < -0.3 is 19.5 Å². The number of ether oxygens (including phenoxy) is 3. The van der Waals surface area contributed by atoms with E-state index in [9.17, 15) is 4.79 Å². The predicted octanol–water partition coefficient (Wildman–Crippen LogP) is 3.27. The van der Waals surface area contributed by atoms with Crippen LogP contribution in [0.25, 0.3) is 0 Å². The first-order chi connectivity index (χ1) is 13.6. The number of amides is 1. The van der Waals surface area contributed by atoms with Gasteiger partial charge in [-0.25, -0.2) is 0 Å². The molecule has 1 heterocycles. The van der Waals surface area contributed by atoms with E-state index in [-0.39, 0.29) is 11.9 Å². The molecular formula is C21H25BrN2O4. The highest BCUT2D eigenvalue weighted by Crippen LogP contribution is 2.35. The maximum atomic E-state index is 13.0. The summed E-state index contributed by atoms with van der Waals surface area (Å²) < 4.78 is 16.8. The van der Waals surface area contributed by atoms with Gasteiger partial charge in [-0.15, -0.1) is 0 Å². The fourth-order valence-electron chi connectivity index (χ4n) is 3.20. The Balaban J connectivity index is 1.82. The van der Waals surface area contributed by atoms with Gasteiger partial charge in [-0.2, -0.15) is 0 Å². The van der Waals surface area contributed by atoms with Gasteiger partial charge in [0.1, 0.15) is 16.0 Å². The van der Waals surface area contributed by atoms with Crippen molar-refractivity contribution in [1.29, 1.82) is 0 Å². The molecule has 1 aliphatic rings. The average molecular weight is 449 g/mol. The molecule has 1 aliphatic heterocycles. The second-order valence-electron chi connectivity index (χ2n) is 6.54. The molecule has 0 radical (unpaired) electrons. The molecule has 28 heavy (non-hydrogen) atoms. The number of rotatable bonds is 7. The lowest BCUT2D eigenvalue weighted by atomic mass is 10.0. The van der Waals surface area contributed by atoms with Gasteiger partial charge in [0, 0.05) is 25.2 Å². The van der Waals surface area contributed by atoms with E-state index >= 15 is 0 Å². The molecule has 1 fully saturated rings. The van der Waals surface area contributed by atoms with Gasteiger partial charge >= 0.3 is 0 Å². The number of hydrogen-bond acceptors (Lipinski definition) is 5. The molecule has 6 nitrogen and oxygen atoms in total. The number of halogens is 1. The third-order valence-corrected chi connectivity index (χ3v) is 5.54. The molecule has 1 saturated heterocycles. The minimum atomic E-state index is -0.175. The highest BCUT2D eigenvalue weighted by Gasteiger charge is 2.22. The van der Waals surface area contributed by atoms with Gasteiger partial charge in [0.2, 0.25) is 0 Å². The van der Waals surface area contributed by atoms with Crippen molar-refractivity contribution in [3.05, 3.63) is 58.1 Å². The number of benzene rings is 2. The summed E-state index contributed by atoms with van der Waals surface area (Å²) in [6.07, 6.45) is 0. The van der Waals surface area contributed by atoms with E-state index in [1.165, 1.54) is 0 Å². The first kappa shape index (κ1) is 20.6. The second-order valence-corrected chi connectivity index (χ2v) is 7.34. The summed E-state index contributed by atoms with van der Waals surface area (Å²) in [5, 5.41) is 3.17. The standard InChI is InChI=1S/C21H25BrN2O4/c1-26-18-12-16(13-19(27-2)20(18)22)21(25)23-17(15-6-4-3-5-7-15)14-24-8-10-28-11-9-24/h3-7,12-13,17H,8-11,14H2,1-2H3,(H,23,25)/t17-/m0/s1. The lowest BCUT2D eigenvalue weighted by molar-refractivity contribution is 0.0332. The number of carbonyl (C=O) groups is 1. The van der Waals surface area contributed by atoms with Gasteiger partial charge in [-0.3, -0.25) is 9.69 Å². The van der Waals surface area contributed by atoms with Gasteiger partial charge in [-0.1, -0.05) is 30.3 Å². The Morgan fingerprint density at radius 1 is 1.14 bits per heavy atom. The second kappa shape index (κ2) is 9.91. The third-order valence-electron chi connectivity index (χ3n) is 4.76. The Morgan fingerprint density at radius 2 is 1.75 bits per heavy atom. The summed E-state index contributed by atoms with van der Waals surface area (Å²) in [6.45, 7) is 3.88. The summed E-state index contributed by atoms with van der Waals surface area (Å²) in [5.74, 6) is 0.925. The Labute approximate surface area is 173 Å². The Hall–Kier alpha value is -2.09. The van der Waals surface area contributed by atoms with Crippen molar-refractivity contribution in [2.24, 2.45) is 0 Å². The number of carbonyl (C=O) groups excluding carboxylic acids is 1. The van der Waals surface area contributed by atoms with Gasteiger partial charge in [0.05, 0.1) is 33.5 Å². The molecule has 1 atom stereocenters. The summed E-state index contributed by atoms with van der Waals surface area (Å²) in [6, 6.07) is 13.3. The molecule has 0 unspecified atom stereocenters. The maximum Gasteiger partial charge on any atom is 0.252 e. The fraction of sp³-hybridized carbons (Fsp3) is 0.381. The van der Waals surface area contributed by atoms with Crippen LogP contribution in [0.3, 0.4) is 0 Å². The molecule has 3 rings (SSSR count). The van der Waals surface area contributed by atoms with Crippen LogP contribution in [0.15, 0.2) is 46.9 Å². The van der Waals surface area contributed by atoms with Gasteiger partial charge in [0.15, 0.2) is 0 Å². The van der Waals surface area contributed by atoms with Crippen LogP contribution in [0.1, 0.15) is 22.0 Å². The summed E-state index contributed by atoms with van der Waals surface area (Å²) in [7, 11) is 3.12. The first-order valence-electron chi connectivity index (χ1n) is 9.19. The van der Waals surface area contributed by atoms with Crippen molar-refractivity contribution in [3.63, 3.8) is 0 Å². The monoisotopic (exact) mass is 448 g/mol. The maximum absolute atomic E-state index is 13.0. The highest BCUT2D eigenvalue weighted by atomic mass is 79.9. The van der Waals surface area contributed by atoms with E-state index < -0.39 is 0 Å². The van der Waals surface area contributed by atoms with Crippen LogP contribution in [0.5, 0.6) is 11.5 Å². The van der Waals surface area contributed by atoms with Crippen LogP contribution in [-0.2, 0) is 4.74 Å². The normalized spacial score (nSPS) is 15.7. The number of methoxy groups -OCH3 is 2. The largest absolute Gasteiger partial charge is 0.495 e. The molecule has 0 bridgehead atoms. The summed E-state index contributed by atoms with van der Waals surface area (Å²) in [5.41, 5.74) is 1.55. The lowest BCUT2D eigenvalue weighted by Gasteiger charge is -2.31. The van der Waals surface area contributed by atoms with Gasteiger partial charge in [0.25, 0.3) is 5.91 Å². The van der Waals surface area contributed by atoms with E-state index in [1.807, 2.05) is 30.3 Å². The molecular weight excluding hydrogens is 424 g/mol. The van der Waals surface area contributed by atoms with Crippen LogP contribution in [0.2, 0.25) is 0 Å². The Kier molecular flexibility index (Phi) is 7.30. The number of nitrogens with one attached hydrogen (secondary N) is 1. The SMILES string of the molecule is COc1cc(C(=O)N[C@@H](CN2CCOCC2)c2ccccc2)cc(OC)c1Br. The molecule has 7 heteroatoms. The Morgan fingerprint density at radius 3 is 2.32 bits per heavy atom. The third kappa shape index (κ3) is 5.04. The van der Waals surface area contributed by atoms with Crippen molar-refractivity contribution in [2.45, 2.75) is 6.04 Å². The smallest absolute Gasteiger partial charge is 0.252 e. The predicted molar refractivity (Wildman–Crippen MR) is 111 cm³/mol. The number of morpholine rings is 1. The van der Waals surface area contributed by atoms with Crippen molar-refractivity contribution in [1.82, 2.24) is 10.2 Å². The van der Waals surface area contributed by atoms with Crippen LogP contribution in [0, 0.1) is 0 Å².